The lowest BCUT2D eigenvalue weighted by molar-refractivity contribution is 0.416. The number of methoxy groups -OCH3 is 1. The SMILES string of the molecule is COc1ccc(C(C)(C)C)cc1-c1ccc(N)s1. The predicted octanol–water partition coefficient (Wildman–Crippen LogP) is 4.30. The number of hydrogen-bond acceptors (Lipinski definition) is 3. The lowest BCUT2D eigenvalue weighted by atomic mass is 9.86. The first-order valence-corrected chi connectivity index (χ1v) is 6.77. The first-order chi connectivity index (χ1) is 8.41. The van der Waals surface area contributed by atoms with Crippen molar-refractivity contribution in [2.45, 2.75) is 26.2 Å². The van der Waals surface area contributed by atoms with Crippen LogP contribution in [0.25, 0.3) is 10.4 Å². The summed E-state index contributed by atoms with van der Waals surface area (Å²) in [6.45, 7) is 6.63. The van der Waals surface area contributed by atoms with E-state index in [0.717, 1.165) is 21.2 Å². The van der Waals surface area contributed by atoms with Gasteiger partial charge in [-0.15, -0.1) is 11.3 Å². The van der Waals surface area contributed by atoms with Crippen molar-refractivity contribution in [3.63, 3.8) is 0 Å². The molecule has 96 valence electrons. The number of benzene rings is 1. The highest BCUT2D eigenvalue weighted by molar-refractivity contribution is 7.19. The van der Waals surface area contributed by atoms with Crippen LogP contribution in [0.3, 0.4) is 0 Å². The number of nitrogen functional groups attached to an aromatic ring is 1. The van der Waals surface area contributed by atoms with E-state index in [1.54, 1.807) is 18.4 Å². The largest absolute Gasteiger partial charge is 0.496 e. The lowest BCUT2D eigenvalue weighted by Crippen LogP contribution is -2.11. The Morgan fingerprint density at radius 2 is 1.83 bits per heavy atom. The Kier molecular flexibility index (Phi) is 3.35. The standard InChI is InChI=1S/C15H19NOS/c1-15(2,3)10-5-6-12(17-4)11(9-10)13-7-8-14(16)18-13/h5-9H,16H2,1-4H3. The van der Waals surface area contributed by atoms with E-state index in [2.05, 4.69) is 32.9 Å². The molecule has 0 radical (unpaired) electrons. The molecular formula is C15H19NOS. The highest BCUT2D eigenvalue weighted by Crippen LogP contribution is 2.38. The molecule has 1 aromatic carbocycles. The van der Waals surface area contributed by atoms with Crippen LogP contribution in [-0.4, -0.2) is 7.11 Å². The van der Waals surface area contributed by atoms with Crippen molar-refractivity contribution in [3.05, 3.63) is 35.9 Å². The van der Waals surface area contributed by atoms with E-state index >= 15 is 0 Å². The molecule has 0 aliphatic rings. The Morgan fingerprint density at radius 1 is 1.11 bits per heavy atom. The summed E-state index contributed by atoms with van der Waals surface area (Å²) in [6, 6.07) is 10.3. The third-order valence-corrected chi connectivity index (χ3v) is 3.91. The van der Waals surface area contributed by atoms with Gasteiger partial charge in [0.15, 0.2) is 0 Å². The molecule has 0 unspecified atom stereocenters. The fraction of sp³-hybridized carbons (Fsp3) is 0.333. The monoisotopic (exact) mass is 261 g/mol. The number of rotatable bonds is 2. The van der Waals surface area contributed by atoms with E-state index in [1.807, 2.05) is 18.2 Å². The van der Waals surface area contributed by atoms with Crippen LogP contribution in [0, 0.1) is 0 Å². The molecule has 0 aliphatic heterocycles. The van der Waals surface area contributed by atoms with Gasteiger partial charge < -0.3 is 10.5 Å². The van der Waals surface area contributed by atoms with Crippen molar-refractivity contribution < 1.29 is 4.74 Å². The molecule has 0 saturated heterocycles. The van der Waals surface area contributed by atoms with E-state index in [0.29, 0.717) is 0 Å². The maximum absolute atomic E-state index is 5.81. The second kappa shape index (κ2) is 4.65. The van der Waals surface area contributed by atoms with E-state index in [-0.39, 0.29) is 5.41 Å². The number of ether oxygens (including phenoxy) is 1. The lowest BCUT2D eigenvalue weighted by Gasteiger charge is -2.20. The van der Waals surface area contributed by atoms with Crippen LogP contribution in [0.5, 0.6) is 5.75 Å². The first kappa shape index (κ1) is 13.0. The molecule has 2 rings (SSSR count). The predicted molar refractivity (Wildman–Crippen MR) is 79.4 cm³/mol. The summed E-state index contributed by atoms with van der Waals surface area (Å²) in [7, 11) is 1.70. The molecule has 0 bridgehead atoms. The first-order valence-electron chi connectivity index (χ1n) is 5.96. The van der Waals surface area contributed by atoms with Gasteiger partial charge in [-0.05, 0) is 35.2 Å². The molecule has 0 aliphatic carbocycles. The van der Waals surface area contributed by atoms with Gasteiger partial charge in [0.05, 0.1) is 12.1 Å². The fourth-order valence-corrected chi connectivity index (χ4v) is 2.66. The number of hydrogen-bond donors (Lipinski definition) is 1. The molecule has 2 aromatic rings. The number of nitrogens with two attached hydrogens (primary N) is 1. The van der Waals surface area contributed by atoms with Gasteiger partial charge in [-0.3, -0.25) is 0 Å². The molecule has 3 heteroatoms. The van der Waals surface area contributed by atoms with E-state index in [4.69, 9.17) is 10.5 Å². The average molecular weight is 261 g/mol. The van der Waals surface area contributed by atoms with Crippen LogP contribution >= 0.6 is 11.3 Å². The zero-order chi connectivity index (χ0) is 13.3. The Balaban J connectivity index is 2.56. The average Bonchev–Trinajstić information content (AvgIpc) is 2.73. The van der Waals surface area contributed by atoms with Gasteiger partial charge in [-0.1, -0.05) is 26.8 Å². The van der Waals surface area contributed by atoms with E-state index in [9.17, 15) is 0 Å². The molecule has 18 heavy (non-hydrogen) atoms. The third-order valence-electron chi connectivity index (χ3n) is 2.96. The summed E-state index contributed by atoms with van der Waals surface area (Å²) in [6.07, 6.45) is 0. The molecule has 0 fully saturated rings. The zero-order valence-electron chi connectivity index (χ0n) is 11.3. The summed E-state index contributed by atoms with van der Waals surface area (Å²) in [5, 5.41) is 0.827. The highest BCUT2D eigenvalue weighted by atomic mass is 32.1. The molecule has 0 atom stereocenters. The summed E-state index contributed by atoms with van der Waals surface area (Å²) in [5.41, 5.74) is 8.35. The van der Waals surface area contributed by atoms with Crippen LogP contribution in [-0.2, 0) is 5.41 Å². The summed E-state index contributed by atoms with van der Waals surface area (Å²) in [5.74, 6) is 0.893. The molecule has 0 spiro atoms. The summed E-state index contributed by atoms with van der Waals surface area (Å²) >= 11 is 1.59. The maximum Gasteiger partial charge on any atom is 0.127 e. The second-order valence-corrected chi connectivity index (χ2v) is 6.48. The smallest absolute Gasteiger partial charge is 0.127 e. The van der Waals surface area contributed by atoms with Gasteiger partial charge in [0.1, 0.15) is 5.75 Å². The van der Waals surface area contributed by atoms with Gasteiger partial charge in [-0.2, -0.15) is 0 Å². The van der Waals surface area contributed by atoms with Gasteiger partial charge in [0.2, 0.25) is 0 Å². The van der Waals surface area contributed by atoms with Crippen molar-refractivity contribution >= 4 is 16.3 Å². The fourth-order valence-electron chi connectivity index (χ4n) is 1.86. The topological polar surface area (TPSA) is 35.2 Å². The van der Waals surface area contributed by atoms with Crippen LogP contribution < -0.4 is 10.5 Å². The second-order valence-electron chi connectivity index (χ2n) is 5.37. The molecule has 1 aromatic heterocycles. The Morgan fingerprint density at radius 3 is 2.33 bits per heavy atom. The van der Waals surface area contributed by atoms with Gasteiger partial charge in [-0.25, -0.2) is 0 Å². The quantitative estimate of drug-likeness (QED) is 0.874. The Hall–Kier alpha value is -1.48. The van der Waals surface area contributed by atoms with Crippen LogP contribution in [0.4, 0.5) is 5.00 Å². The van der Waals surface area contributed by atoms with Crippen LogP contribution in [0.2, 0.25) is 0 Å². The zero-order valence-corrected chi connectivity index (χ0v) is 12.1. The minimum Gasteiger partial charge on any atom is -0.496 e. The van der Waals surface area contributed by atoms with Gasteiger partial charge >= 0.3 is 0 Å². The summed E-state index contributed by atoms with van der Waals surface area (Å²) < 4.78 is 5.44. The molecule has 1 heterocycles. The normalized spacial score (nSPS) is 11.6. The maximum atomic E-state index is 5.81. The van der Waals surface area contributed by atoms with E-state index < -0.39 is 0 Å². The Bertz CT molecular complexity index is 552. The minimum atomic E-state index is 0.129. The minimum absolute atomic E-state index is 0.129. The van der Waals surface area contributed by atoms with Crippen molar-refractivity contribution in [2.24, 2.45) is 0 Å². The Labute approximate surface area is 112 Å². The molecule has 0 saturated carbocycles. The molecule has 2 N–H and O–H groups in total. The number of anilines is 1. The molecule has 0 amide bonds. The molecule has 2 nitrogen and oxygen atoms in total. The van der Waals surface area contributed by atoms with Gasteiger partial charge in [0.25, 0.3) is 0 Å². The number of thiophene rings is 1. The van der Waals surface area contributed by atoms with Crippen molar-refractivity contribution in [1.82, 2.24) is 0 Å². The van der Waals surface area contributed by atoms with Crippen LogP contribution in [0.1, 0.15) is 26.3 Å². The summed E-state index contributed by atoms with van der Waals surface area (Å²) in [4.78, 5) is 1.15. The molecular weight excluding hydrogens is 242 g/mol. The van der Waals surface area contributed by atoms with Crippen molar-refractivity contribution in [3.8, 4) is 16.2 Å². The van der Waals surface area contributed by atoms with Gasteiger partial charge in [0, 0.05) is 10.4 Å². The third kappa shape index (κ3) is 2.51. The van der Waals surface area contributed by atoms with Crippen molar-refractivity contribution in [1.29, 1.82) is 0 Å². The van der Waals surface area contributed by atoms with Crippen molar-refractivity contribution in [2.75, 3.05) is 12.8 Å². The highest BCUT2D eigenvalue weighted by Gasteiger charge is 2.17. The van der Waals surface area contributed by atoms with E-state index in [1.165, 1.54) is 5.56 Å². The van der Waals surface area contributed by atoms with Crippen LogP contribution in [0.15, 0.2) is 30.3 Å².